The zero-order valence-corrected chi connectivity index (χ0v) is 11.9. The molecule has 0 spiro atoms. The van der Waals surface area contributed by atoms with Crippen LogP contribution in [0.5, 0.6) is 0 Å². The van der Waals surface area contributed by atoms with E-state index < -0.39 is 0 Å². The fourth-order valence-electron chi connectivity index (χ4n) is 2.70. The quantitative estimate of drug-likeness (QED) is 0.933. The second kappa shape index (κ2) is 6.10. The van der Waals surface area contributed by atoms with Gasteiger partial charge in [0.05, 0.1) is 5.69 Å². The number of primary amides is 1. The van der Waals surface area contributed by atoms with Gasteiger partial charge in [0.1, 0.15) is 6.26 Å². The van der Waals surface area contributed by atoms with E-state index in [-0.39, 0.29) is 11.8 Å². The van der Waals surface area contributed by atoms with E-state index in [1.807, 2.05) is 30.3 Å². The van der Waals surface area contributed by atoms with Gasteiger partial charge in [0.15, 0.2) is 0 Å². The molecule has 1 fully saturated rings. The van der Waals surface area contributed by atoms with Gasteiger partial charge < -0.3 is 10.2 Å². The molecular formula is C16H19N3O2. The van der Waals surface area contributed by atoms with Crippen molar-refractivity contribution in [3.8, 4) is 11.5 Å². The topological polar surface area (TPSA) is 72.4 Å². The molecule has 0 bridgehead atoms. The van der Waals surface area contributed by atoms with Crippen LogP contribution in [0.4, 0.5) is 0 Å². The molecule has 1 amide bonds. The number of likely N-dealkylation sites (tertiary alicyclic amines) is 1. The molecule has 1 aliphatic rings. The van der Waals surface area contributed by atoms with Crippen LogP contribution in [0.15, 0.2) is 41.0 Å². The number of carbonyl (C=O) groups excluding carboxylic acids is 1. The summed E-state index contributed by atoms with van der Waals surface area (Å²) in [5.74, 6) is 0.499. The van der Waals surface area contributed by atoms with E-state index in [1.165, 1.54) is 0 Å². The highest BCUT2D eigenvalue weighted by Gasteiger charge is 2.23. The molecule has 2 heterocycles. The van der Waals surface area contributed by atoms with E-state index >= 15 is 0 Å². The van der Waals surface area contributed by atoms with Crippen molar-refractivity contribution >= 4 is 5.91 Å². The van der Waals surface area contributed by atoms with Crippen LogP contribution in [0.1, 0.15) is 18.5 Å². The number of aromatic nitrogens is 1. The zero-order chi connectivity index (χ0) is 14.7. The minimum absolute atomic E-state index is 0.0263. The highest BCUT2D eigenvalue weighted by Crippen LogP contribution is 2.21. The first-order valence-electron chi connectivity index (χ1n) is 7.24. The van der Waals surface area contributed by atoms with Crippen molar-refractivity contribution in [1.29, 1.82) is 0 Å². The van der Waals surface area contributed by atoms with Crippen LogP contribution in [0.2, 0.25) is 0 Å². The number of hydrogen-bond donors (Lipinski definition) is 1. The highest BCUT2D eigenvalue weighted by molar-refractivity contribution is 5.76. The molecule has 1 aromatic carbocycles. The Morgan fingerprint density at radius 3 is 2.67 bits per heavy atom. The maximum atomic E-state index is 11.2. The largest absolute Gasteiger partial charge is 0.444 e. The van der Waals surface area contributed by atoms with Crippen LogP contribution in [0.25, 0.3) is 11.5 Å². The van der Waals surface area contributed by atoms with E-state index in [1.54, 1.807) is 6.26 Å². The summed E-state index contributed by atoms with van der Waals surface area (Å²) in [7, 11) is 0. The lowest BCUT2D eigenvalue weighted by Crippen LogP contribution is -2.38. The van der Waals surface area contributed by atoms with Crippen molar-refractivity contribution in [2.24, 2.45) is 11.7 Å². The molecule has 0 aliphatic carbocycles. The van der Waals surface area contributed by atoms with Crippen molar-refractivity contribution in [3.63, 3.8) is 0 Å². The van der Waals surface area contributed by atoms with Gasteiger partial charge in [-0.25, -0.2) is 4.98 Å². The molecule has 0 saturated carbocycles. The minimum atomic E-state index is -0.178. The van der Waals surface area contributed by atoms with Crippen LogP contribution in [-0.4, -0.2) is 28.9 Å². The summed E-state index contributed by atoms with van der Waals surface area (Å²) >= 11 is 0. The first-order chi connectivity index (χ1) is 10.2. The summed E-state index contributed by atoms with van der Waals surface area (Å²) in [6, 6.07) is 9.86. The number of piperidine rings is 1. The van der Waals surface area contributed by atoms with Gasteiger partial charge in [-0.2, -0.15) is 0 Å². The number of hydrogen-bond acceptors (Lipinski definition) is 4. The molecule has 21 heavy (non-hydrogen) atoms. The van der Waals surface area contributed by atoms with Crippen molar-refractivity contribution in [1.82, 2.24) is 9.88 Å². The van der Waals surface area contributed by atoms with Crippen LogP contribution < -0.4 is 5.73 Å². The van der Waals surface area contributed by atoms with Crippen LogP contribution in [0, 0.1) is 5.92 Å². The van der Waals surface area contributed by atoms with Gasteiger partial charge in [0.2, 0.25) is 11.8 Å². The lowest BCUT2D eigenvalue weighted by molar-refractivity contribution is -0.123. The molecule has 110 valence electrons. The van der Waals surface area contributed by atoms with Crippen LogP contribution >= 0.6 is 0 Å². The Morgan fingerprint density at radius 1 is 1.29 bits per heavy atom. The van der Waals surface area contributed by atoms with E-state index in [2.05, 4.69) is 9.88 Å². The molecule has 5 heteroatoms. The van der Waals surface area contributed by atoms with Gasteiger partial charge in [0.25, 0.3) is 0 Å². The van der Waals surface area contributed by atoms with Gasteiger partial charge in [0, 0.05) is 18.0 Å². The number of carbonyl (C=O) groups is 1. The molecule has 1 aromatic heterocycles. The summed E-state index contributed by atoms with van der Waals surface area (Å²) in [5.41, 5.74) is 7.25. The standard InChI is InChI=1S/C16H19N3O2/c17-15(20)12-6-8-19(9-7-12)10-14-11-21-16(18-14)13-4-2-1-3-5-13/h1-5,11-12H,6-10H2,(H2,17,20). The van der Waals surface area contributed by atoms with Gasteiger partial charge in [-0.05, 0) is 38.1 Å². The summed E-state index contributed by atoms with van der Waals surface area (Å²) < 4.78 is 5.54. The van der Waals surface area contributed by atoms with E-state index in [9.17, 15) is 4.79 Å². The Morgan fingerprint density at radius 2 is 2.00 bits per heavy atom. The molecule has 0 unspecified atom stereocenters. The number of nitrogens with two attached hydrogens (primary N) is 1. The molecule has 5 nitrogen and oxygen atoms in total. The maximum Gasteiger partial charge on any atom is 0.226 e. The molecule has 0 atom stereocenters. The SMILES string of the molecule is NC(=O)C1CCN(Cc2coc(-c3ccccc3)n2)CC1. The monoisotopic (exact) mass is 285 g/mol. The van der Waals surface area contributed by atoms with Crippen LogP contribution in [0.3, 0.4) is 0 Å². The Balaban J connectivity index is 1.60. The predicted molar refractivity (Wildman–Crippen MR) is 79.1 cm³/mol. The van der Waals surface area contributed by atoms with E-state index in [0.29, 0.717) is 5.89 Å². The number of benzene rings is 1. The first kappa shape index (κ1) is 13.8. The smallest absolute Gasteiger partial charge is 0.226 e. The second-order valence-electron chi connectivity index (χ2n) is 5.46. The minimum Gasteiger partial charge on any atom is -0.444 e. The predicted octanol–water partition coefficient (Wildman–Crippen LogP) is 2.04. The number of amides is 1. The highest BCUT2D eigenvalue weighted by atomic mass is 16.3. The summed E-state index contributed by atoms with van der Waals surface area (Å²) in [5, 5.41) is 0. The third kappa shape index (κ3) is 3.31. The zero-order valence-electron chi connectivity index (χ0n) is 11.9. The van der Waals surface area contributed by atoms with Gasteiger partial charge in [-0.1, -0.05) is 18.2 Å². The second-order valence-corrected chi connectivity index (χ2v) is 5.46. The molecule has 1 aliphatic heterocycles. The lowest BCUT2D eigenvalue weighted by Gasteiger charge is -2.29. The number of nitrogens with zero attached hydrogens (tertiary/aromatic N) is 2. The van der Waals surface area contributed by atoms with Gasteiger partial charge in [-0.3, -0.25) is 9.69 Å². The first-order valence-corrected chi connectivity index (χ1v) is 7.24. The molecule has 2 N–H and O–H groups in total. The molecule has 3 rings (SSSR count). The number of rotatable bonds is 4. The lowest BCUT2D eigenvalue weighted by atomic mass is 9.96. The van der Waals surface area contributed by atoms with Crippen LogP contribution in [-0.2, 0) is 11.3 Å². The fourth-order valence-corrected chi connectivity index (χ4v) is 2.70. The normalized spacial score (nSPS) is 17.0. The van der Waals surface area contributed by atoms with Crippen molar-refractivity contribution < 1.29 is 9.21 Å². The molecular weight excluding hydrogens is 266 g/mol. The van der Waals surface area contributed by atoms with Gasteiger partial charge in [-0.15, -0.1) is 0 Å². The third-order valence-corrected chi connectivity index (χ3v) is 3.95. The van der Waals surface area contributed by atoms with E-state index in [4.69, 9.17) is 10.2 Å². The van der Waals surface area contributed by atoms with Crippen molar-refractivity contribution in [2.45, 2.75) is 19.4 Å². The fraction of sp³-hybridized carbons (Fsp3) is 0.375. The number of oxazole rings is 1. The third-order valence-electron chi connectivity index (χ3n) is 3.95. The Bertz CT molecular complexity index is 601. The molecule has 0 radical (unpaired) electrons. The summed E-state index contributed by atoms with van der Waals surface area (Å²) in [6.45, 7) is 2.50. The Kier molecular flexibility index (Phi) is 4.01. The molecule has 1 saturated heterocycles. The average molecular weight is 285 g/mol. The Labute approximate surface area is 123 Å². The van der Waals surface area contributed by atoms with Crippen molar-refractivity contribution in [3.05, 3.63) is 42.3 Å². The Hall–Kier alpha value is -2.14. The van der Waals surface area contributed by atoms with Gasteiger partial charge >= 0.3 is 0 Å². The summed E-state index contributed by atoms with van der Waals surface area (Å²) in [4.78, 5) is 18.0. The van der Waals surface area contributed by atoms with Crippen molar-refractivity contribution in [2.75, 3.05) is 13.1 Å². The molecule has 2 aromatic rings. The maximum absolute atomic E-state index is 11.2. The summed E-state index contributed by atoms with van der Waals surface area (Å²) in [6.07, 6.45) is 3.37. The van der Waals surface area contributed by atoms with E-state index in [0.717, 1.165) is 43.7 Å². The average Bonchev–Trinajstić information content (AvgIpc) is 2.97.